The van der Waals surface area contributed by atoms with Gasteiger partial charge in [0.1, 0.15) is 23.4 Å². The first-order valence-corrected chi connectivity index (χ1v) is 19.1. The Labute approximate surface area is 275 Å². The molecule has 1 saturated heterocycles. The molecule has 5 rings (SSSR count). The van der Waals surface area contributed by atoms with Gasteiger partial charge in [0.15, 0.2) is 8.32 Å². The molecular weight excluding hydrogens is 622 g/mol. The number of carbonyl (C=O) groups is 3. The largest absolute Gasteiger partial charge is 0.414 e. The van der Waals surface area contributed by atoms with Gasteiger partial charge < -0.3 is 29.6 Å². The van der Waals surface area contributed by atoms with Gasteiger partial charge in [0.2, 0.25) is 11.8 Å². The number of rotatable bonds is 9. The van der Waals surface area contributed by atoms with E-state index in [2.05, 4.69) is 44.2 Å². The average Bonchev–Trinajstić information content (AvgIpc) is 3.68. The number of anilines is 1. The third-order valence-electron chi connectivity index (χ3n) is 10.3. The fourth-order valence-electron chi connectivity index (χ4n) is 6.55. The molecule has 1 fully saturated rings. The van der Waals surface area contributed by atoms with Crippen LogP contribution in [0.15, 0.2) is 42.5 Å². The number of aromatic amines is 1. The van der Waals surface area contributed by atoms with Crippen LogP contribution >= 0.6 is 0 Å². The molecule has 2 aromatic carbocycles. The molecule has 1 unspecified atom stereocenters. The summed E-state index contributed by atoms with van der Waals surface area (Å²) in [7, 11) is -0.759. The van der Waals surface area contributed by atoms with Crippen molar-refractivity contribution in [2.75, 3.05) is 25.5 Å². The van der Waals surface area contributed by atoms with Crippen LogP contribution in [-0.4, -0.2) is 84.3 Å². The van der Waals surface area contributed by atoms with Gasteiger partial charge in [-0.2, -0.15) is 0 Å². The number of carbonyl (C=O) groups excluding carboxylic acids is 3. The Bertz CT molecular complexity index is 1700. The van der Waals surface area contributed by atoms with Crippen molar-refractivity contribution in [1.82, 2.24) is 14.8 Å². The summed E-state index contributed by atoms with van der Waals surface area (Å²) < 4.78 is 34.7. The topological polar surface area (TPSA) is 115 Å². The summed E-state index contributed by atoms with van der Waals surface area (Å²) in [5.74, 6) is -2.81. The molecule has 0 aliphatic carbocycles. The van der Waals surface area contributed by atoms with Crippen molar-refractivity contribution in [2.24, 2.45) is 5.92 Å². The third-order valence-corrected chi connectivity index (χ3v) is 14.8. The van der Waals surface area contributed by atoms with Crippen LogP contribution in [0, 0.1) is 17.6 Å². The number of aliphatic hydroxyl groups is 1. The summed E-state index contributed by atoms with van der Waals surface area (Å²) in [6, 6.07) is 8.80. The van der Waals surface area contributed by atoms with Crippen LogP contribution < -0.4 is 5.32 Å². The normalized spacial score (nSPS) is 21.0. The Morgan fingerprint density at radius 2 is 1.85 bits per heavy atom. The second-order valence-corrected chi connectivity index (χ2v) is 19.9. The number of fused-ring (bicyclic) bond motifs is 3. The van der Waals surface area contributed by atoms with E-state index in [9.17, 15) is 28.3 Å². The highest BCUT2D eigenvalue weighted by Gasteiger charge is 2.58. The first kappa shape index (κ1) is 34.7. The minimum Gasteiger partial charge on any atom is -0.414 e. The molecule has 1 spiro atoms. The van der Waals surface area contributed by atoms with Gasteiger partial charge in [-0.05, 0) is 60.7 Å². The molecule has 4 atom stereocenters. The van der Waals surface area contributed by atoms with Crippen molar-refractivity contribution < 1.29 is 32.7 Å². The monoisotopic (exact) mass is 668 g/mol. The lowest BCUT2D eigenvalue weighted by Gasteiger charge is -2.39. The first-order valence-electron chi connectivity index (χ1n) is 16.1. The zero-order valence-electron chi connectivity index (χ0n) is 28.4. The minimum absolute atomic E-state index is 0.00851. The third kappa shape index (κ3) is 6.34. The van der Waals surface area contributed by atoms with Gasteiger partial charge in [-0.3, -0.25) is 14.4 Å². The van der Waals surface area contributed by atoms with Crippen molar-refractivity contribution in [1.29, 1.82) is 0 Å². The molecule has 3 heterocycles. The lowest BCUT2D eigenvalue weighted by molar-refractivity contribution is -0.140. The molecule has 3 amide bonds. The van der Waals surface area contributed by atoms with E-state index >= 15 is 0 Å². The predicted molar refractivity (Wildman–Crippen MR) is 180 cm³/mol. The molecule has 0 radical (unpaired) electrons. The molecule has 254 valence electrons. The Balaban J connectivity index is 1.50. The van der Waals surface area contributed by atoms with Crippen molar-refractivity contribution in [3.8, 4) is 0 Å². The zero-order valence-corrected chi connectivity index (χ0v) is 29.4. The number of hydrogen-bond acceptors (Lipinski definition) is 5. The summed E-state index contributed by atoms with van der Waals surface area (Å²) in [4.78, 5) is 47.9. The maximum absolute atomic E-state index is 14.7. The summed E-state index contributed by atoms with van der Waals surface area (Å²) >= 11 is 0. The highest BCUT2D eigenvalue weighted by Crippen LogP contribution is 2.47. The highest BCUT2D eigenvalue weighted by atomic mass is 28.4. The van der Waals surface area contributed by atoms with Crippen molar-refractivity contribution in [2.45, 2.75) is 89.2 Å². The van der Waals surface area contributed by atoms with E-state index in [1.165, 1.54) is 18.0 Å². The number of hydrogen-bond donors (Lipinski definition) is 3. The van der Waals surface area contributed by atoms with E-state index in [-0.39, 0.29) is 53.0 Å². The van der Waals surface area contributed by atoms with Crippen LogP contribution in [0.1, 0.15) is 63.5 Å². The van der Waals surface area contributed by atoms with Crippen molar-refractivity contribution in [3.05, 3.63) is 65.4 Å². The zero-order chi connectivity index (χ0) is 34.6. The fourth-order valence-corrected chi connectivity index (χ4v) is 7.57. The van der Waals surface area contributed by atoms with Gasteiger partial charge in [-0.25, -0.2) is 8.78 Å². The number of likely N-dealkylation sites (tertiary alicyclic amines) is 1. The molecule has 3 aromatic rings. The second-order valence-electron chi connectivity index (χ2n) is 15.1. The Kier molecular flexibility index (Phi) is 9.19. The van der Waals surface area contributed by atoms with Crippen molar-refractivity contribution >= 4 is 42.6 Å². The fraction of sp³-hybridized carbons (Fsp3) is 0.514. The molecule has 12 heteroatoms. The van der Waals surface area contributed by atoms with E-state index < -0.39 is 55.4 Å². The van der Waals surface area contributed by atoms with Gasteiger partial charge >= 0.3 is 0 Å². The van der Waals surface area contributed by atoms with Crippen LogP contribution in [0.5, 0.6) is 0 Å². The van der Waals surface area contributed by atoms with Gasteiger partial charge in [-0.15, -0.1) is 0 Å². The van der Waals surface area contributed by atoms with Gasteiger partial charge in [0, 0.05) is 30.7 Å². The van der Waals surface area contributed by atoms with Gasteiger partial charge in [-0.1, -0.05) is 52.8 Å². The summed E-state index contributed by atoms with van der Waals surface area (Å²) in [5, 5.41) is 14.6. The Morgan fingerprint density at radius 3 is 2.51 bits per heavy atom. The predicted octanol–water partition coefficient (Wildman–Crippen LogP) is 5.81. The van der Waals surface area contributed by atoms with Gasteiger partial charge in [0.05, 0.1) is 29.7 Å². The maximum Gasteiger partial charge on any atom is 0.270 e. The number of para-hydroxylation sites is 1. The summed E-state index contributed by atoms with van der Waals surface area (Å²) in [5.41, 5.74) is 0.489. The Morgan fingerprint density at radius 1 is 1.17 bits per heavy atom. The van der Waals surface area contributed by atoms with E-state index in [1.54, 1.807) is 4.90 Å². The Hall–Kier alpha value is -3.61. The van der Waals surface area contributed by atoms with Crippen LogP contribution in [0.25, 0.3) is 10.9 Å². The SMILES string of the molecule is CC(C)C[C@@H](C(=O)N1C[C@]2(C[C@H]1C(O)CO[Si](C)(C)C(C)(C)C)C(=O)Nc1ccccc12)N(C)C(=O)c1cc2c(F)cc(F)cc2[nH]1. The average molecular weight is 669 g/mol. The van der Waals surface area contributed by atoms with E-state index in [0.717, 1.165) is 17.7 Å². The molecule has 0 bridgehead atoms. The molecule has 9 nitrogen and oxygen atoms in total. The molecule has 2 aliphatic rings. The number of likely N-dealkylation sites (N-methyl/N-ethyl adjacent to an activating group) is 1. The lowest BCUT2D eigenvalue weighted by Crippen LogP contribution is -2.55. The number of H-pyrrole nitrogens is 1. The van der Waals surface area contributed by atoms with Gasteiger partial charge in [0.25, 0.3) is 5.91 Å². The summed E-state index contributed by atoms with van der Waals surface area (Å²) in [6.07, 6.45) is -0.622. The number of benzene rings is 2. The standard InChI is InChI=1S/C35H46F2N4O5Si/c1-20(2)13-28(40(6)31(43)27-16-22-24(37)14-21(36)15-26(22)38-27)32(44)41-19-35(23-11-9-10-12-25(23)39-33(35)45)17-29(41)30(42)18-46-47(7,8)34(3,4)5/h9-12,14-16,20,28-30,38,42H,13,17-19H2,1-8H3,(H,39,45)/t28-,29-,30?,35-/m0/s1. The van der Waals surface area contributed by atoms with E-state index in [1.807, 2.05) is 38.1 Å². The smallest absolute Gasteiger partial charge is 0.270 e. The van der Waals surface area contributed by atoms with Crippen LogP contribution in [-0.2, 0) is 19.4 Å². The highest BCUT2D eigenvalue weighted by molar-refractivity contribution is 6.74. The number of halogens is 2. The van der Waals surface area contributed by atoms with Crippen molar-refractivity contribution in [3.63, 3.8) is 0 Å². The summed E-state index contributed by atoms with van der Waals surface area (Å²) in [6.45, 7) is 14.4. The second kappa shape index (κ2) is 12.4. The number of nitrogens with zero attached hydrogens (tertiary/aromatic N) is 2. The number of aromatic nitrogens is 1. The lowest BCUT2D eigenvalue weighted by atomic mass is 9.79. The quantitative estimate of drug-likeness (QED) is 0.249. The maximum atomic E-state index is 14.7. The van der Waals surface area contributed by atoms with Crippen LogP contribution in [0.4, 0.5) is 14.5 Å². The van der Waals surface area contributed by atoms with E-state index in [0.29, 0.717) is 12.1 Å². The molecule has 2 aliphatic heterocycles. The van der Waals surface area contributed by atoms with E-state index in [4.69, 9.17) is 4.43 Å². The number of aliphatic hydroxyl groups excluding tert-OH is 1. The van der Waals surface area contributed by atoms with Crippen LogP contribution in [0.3, 0.4) is 0 Å². The molecule has 1 aromatic heterocycles. The molecule has 47 heavy (non-hydrogen) atoms. The minimum atomic E-state index is -2.26. The van der Waals surface area contributed by atoms with Crippen LogP contribution in [0.2, 0.25) is 18.1 Å². The molecular formula is C35H46F2N4O5Si. The first-order chi connectivity index (χ1) is 21.9. The number of nitrogens with one attached hydrogen (secondary N) is 2. The molecule has 3 N–H and O–H groups in total. The molecule has 0 saturated carbocycles. The number of amides is 3.